The van der Waals surface area contributed by atoms with E-state index in [1.165, 1.54) is 29.7 Å². The van der Waals surface area contributed by atoms with Crippen LogP contribution in [0.2, 0.25) is 5.02 Å². The molecule has 1 atom stereocenters. The van der Waals surface area contributed by atoms with Crippen molar-refractivity contribution in [2.75, 3.05) is 13.1 Å². The first kappa shape index (κ1) is 26.8. The summed E-state index contributed by atoms with van der Waals surface area (Å²) < 4.78 is 5.85. The third-order valence-electron chi connectivity index (χ3n) is 6.06. The van der Waals surface area contributed by atoms with Crippen molar-refractivity contribution >= 4 is 29.3 Å². The van der Waals surface area contributed by atoms with E-state index in [0.717, 1.165) is 25.7 Å². The fraction of sp³-hybridized carbons (Fsp3) is 0.500. The summed E-state index contributed by atoms with van der Waals surface area (Å²) in [6, 6.07) is 6.22. The van der Waals surface area contributed by atoms with E-state index in [1.807, 2.05) is 0 Å². The normalized spacial score (nSPS) is 17.9. The van der Waals surface area contributed by atoms with Gasteiger partial charge in [0, 0.05) is 23.8 Å². The van der Waals surface area contributed by atoms with Gasteiger partial charge in [0.25, 0.3) is 5.91 Å². The zero-order valence-electron chi connectivity index (χ0n) is 20.4. The molecule has 9 heteroatoms. The maximum atomic E-state index is 13.2. The van der Waals surface area contributed by atoms with Crippen molar-refractivity contribution in [1.82, 2.24) is 15.5 Å². The molecule has 0 radical (unpaired) electrons. The molecule has 1 heterocycles. The van der Waals surface area contributed by atoms with Gasteiger partial charge < -0.3 is 25.4 Å². The molecule has 0 saturated heterocycles. The molecule has 35 heavy (non-hydrogen) atoms. The monoisotopic (exact) mass is 502 g/mol. The Morgan fingerprint density at radius 2 is 2.09 bits per heavy atom. The predicted octanol–water partition coefficient (Wildman–Crippen LogP) is 3.75. The van der Waals surface area contributed by atoms with Gasteiger partial charge in [0.1, 0.15) is 23.4 Å². The number of halogens is 1. The molecule has 1 fully saturated rings. The first-order valence-corrected chi connectivity index (χ1v) is 12.4. The van der Waals surface area contributed by atoms with E-state index in [1.54, 1.807) is 38.1 Å². The SMILES string of the molecule is CC(C)(O)CN/C=C\C(=N)NC(=O)[C@H](CC1CCCCC1)N1CC(Oc2cccc(Cl)c2)=CC1=O. The van der Waals surface area contributed by atoms with Crippen LogP contribution in [0.25, 0.3) is 0 Å². The van der Waals surface area contributed by atoms with Crippen molar-refractivity contribution in [3.63, 3.8) is 0 Å². The highest BCUT2D eigenvalue weighted by Crippen LogP contribution is 2.30. The number of amidine groups is 1. The molecule has 1 aromatic carbocycles. The molecular weight excluding hydrogens is 468 g/mol. The quantitative estimate of drug-likeness (QED) is 0.287. The number of nitrogens with zero attached hydrogens (tertiary/aromatic N) is 1. The average molecular weight is 503 g/mol. The number of carbonyl (C=O) groups is 2. The summed E-state index contributed by atoms with van der Waals surface area (Å²) in [5.41, 5.74) is -0.894. The highest BCUT2D eigenvalue weighted by Gasteiger charge is 2.36. The van der Waals surface area contributed by atoms with Gasteiger partial charge in [-0.15, -0.1) is 0 Å². The molecule has 2 aliphatic rings. The Kier molecular flexibility index (Phi) is 9.34. The van der Waals surface area contributed by atoms with Gasteiger partial charge in [-0.25, -0.2) is 0 Å². The van der Waals surface area contributed by atoms with Gasteiger partial charge in [-0.2, -0.15) is 0 Å². The number of hydrogen-bond acceptors (Lipinski definition) is 6. The minimum Gasteiger partial charge on any atom is -0.460 e. The summed E-state index contributed by atoms with van der Waals surface area (Å²) >= 11 is 6.03. The predicted molar refractivity (Wildman–Crippen MR) is 136 cm³/mol. The lowest BCUT2D eigenvalue weighted by atomic mass is 9.84. The maximum Gasteiger partial charge on any atom is 0.251 e. The largest absolute Gasteiger partial charge is 0.460 e. The summed E-state index contributed by atoms with van der Waals surface area (Å²) in [4.78, 5) is 27.6. The number of benzene rings is 1. The number of ether oxygens (including phenoxy) is 1. The Hall–Kier alpha value is -2.84. The van der Waals surface area contributed by atoms with Crippen molar-refractivity contribution < 1.29 is 19.4 Å². The fourth-order valence-corrected chi connectivity index (χ4v) is 4.52. The summed E-state index contributed by atoms with van der Waals surface area (Å²) in [6.07, 6.45) is 10.4. The van der Waals surface area contributed by atoms with Crippen molar-refractivity contribution in [3.8, 4) is 5.75 Å². The number of rotatable bonds is 10. The minimum atomic E-state index is -0.894. The highest BCUT2D eigenvalue weighted by molar-refractivity contribution is 6.30. The topological polar surface area (TPSA) is 115 Å². The van der Waals surface area contributed by atoms with Crippen molar-refractivity contribution in [2.45, 2.75) is 64.0 Å². The molecular formula is C26H35ClN4O4. The van der Waals surface area contributed by atoms with Crippen LogP contribution in [0.3, 0.4) is 0 Å². The Labute approximate surface area is 211 Å². The van der Waals surface area contributed by atoms with E-state index >= 15 is 0 Å². The van der Waals surface area contributed by atoms with Crippen LogP contribution < -0.4 is 15.4 Å². The molecule has 8 nitrogen and oxygen atoms in total. The van der Waals surface area contributed by atoms with Gasteiger partial charge in [0.05, 0.1) is 12.1 Å². The van der Waals surface area contributed by atoms with Crippen LogP contribution in [0.1, 0.15) is 52.4 Å². The van der Waals surface area contributed by atoms with Crippen LogP contribution in [-0.4, -0.2) is 52.4 Å². The van der Waals surface area contributed by atoms with Crippen molar-refractivity contribution in [2.24, 2.45) is 5.92 Å². The lowest BCUT2D eigenvalue weighted by Gasteiger charge is -2.31. The van der Waals surface area contributed by atoms with Crippen LogP contribution in [0.5, 0.6) is 5.75 Å². The molecule has 190 valence electrons. The molecule has 0 unspecified atom stereocenters. The molecule has 4 N–H and O–H groups in total. The van der Waals surface area contributed by atoms with Crippen LogP contribution in [0.15, 0.2) is 48.4 Å². The molecule has 0 aromatic heterocycles. The lowest BCUT2D eigenvalue weighted by Crippen LogP contribution is -2.50. The van der Waals surface area contributed by atoms with Crippen LogP contribution in [0, 0.1) is 11.3 Å². The van der Waals surface area contributed by atoms with E-state index in [2.05, 4.69) is 10.6 Å². The smallest absolute Gasteiger partial charge is 0.251 e. The molecule has 0 bridgehead atoms. The molecule has 1 aromatic rings. The second kappa shape index (κ2) is 12.2. The molecule has 1 aliphatic carbocycles. The van der Waals surface area contributed by atoms with E-state index in [9.17, 15) is 14.7 Å². The molecule has 0 spiro atoms. The van der Waals surface area contributed by atoms with E-state index < -0.39 is 17.6 Å². The number of amides is 2. The van der Waals surface area contributed by atoms with E-state index in [0.29, 0.717) is 35.4 Å². The molecule has 3 rings (SSSR count). The van der Waals surface area contributed by atoms with Gasteiger partial charge in [0.15, 0.2) is 0 Å². The minimum absolute atomic E-state index is 0.0955. The molecule has 2 amide bonds. The summed E-state index contributed by atoms with van der Waals surface area (Å²) in [5, 5.41) is 23.9. The first-order chi connectivity index (χ1) is 16.6. The number of aliphatic hydroxyl groups is 1. The standard InChI is InChI=1S/C26H35ClN4O4/c1-26(2,34)17-29-12-11-23(28)30-25(33)22(13-18-7-4-3-5-8-18)31-16-21(15-24(31)32)35-20-10-6-9-19(27)14-20/h6,9-12,14-15,18,22,29,34H,3-5,7-8,13,16-17H2,1-2H3,(H2,28,30,33)/b12-11-/t22-/m0/s1. The summed E-state index contributed by atoms with van der Waals surface area (Å²) in [5.74, 6) is 0.553. The zero-order valence-corrected chi connectivity index (χ0v) is 21.1. The van der Waals surface area contributed by atoms with Gasteiger partial charge in [-0.05, 0) is 50.5 Å². The van der Waals surface area contributed by atoms with Gasteiger partial charge in [0.2, 0.25) is 5.91 Å². The van der Waals surface area contributed by atoms with Gasteiger partial charge in [-0.3, -0.25) is 15.0 Å². The third-order valence-corrected chi connectivity index (χ3v) is 6.29. The Balaban J connectivity index is 1.66. The fourth-order valence-electron chi connectivity index (χ4n) is 4.34. The van der Waals surface area contributed by atoms with E-state index in [-0.39, 0.29) is 18.3 Å². The number of carbonyl (C=O) groups excluding carboxylic acids is 2. The Morgan fingerprint density at radius 1 is 1.34 bits per heavy atom. The second-order valence-corrected chi connectivity index (χ2v) is 10.3. The maximum absolute atomic E-state index is 13.2. The van der Waals surface area contributed by atoms with Crippen molar-refractivity contribution in [3.05, 3.63) is 53.4 Å². The van der Waals surface area contributed by atoms with Crippen LogP contribution in [-0.2, 0) is 9.59 Å². The number of hydrogen-bond donors (Lipinski definition) is 4. The summed E-state index contributed by atoms with van der Waals surface area (Å²) in [6.45, 7) is 3.81. The summed E-state index contributed by atoms with van der Waals surface area (Å²) in [7, 11) is 0. The number of nitrogens with one attached hydrogen (secondary N) is 3. The molecule has 1 aliphatic heterocycles. The lowest BCUT2D eigenvalue weighted by molar-refractivity contribution is -0.135. The van der Waals surface area contributed by atoms with Gasteiger partial charge in [-0.1, -0.05) is 49.8 Å². The van der Waals surface area contributed by atoms with E-state index in [4.69, 9.17) is 21.7 Å². The second-order valence-electron chi connectivity index (χ2n) is 9.82. The van der Waals surface area contributed by atoms with Gasteiger partial charge >= 0.3 is 0 Å². The van der Waals surface area contributed by atoms with Crippen LogP contribution in [0.4, 0.5) is 0 Å². The highest BCUT2D eigenvalue weighted by atomic mass is 35.5. The Bertz CT molecular complexity index is 980. The molecule has 1 saturated carbocycles. The van der Waals surface area contributed by atoms with Crippen LogP contribution >= 0.6 is 11.6 Å². The zero-order chi connectivity index (χ0) is 25.4. The van der Waals surface area contributed by atoms with Crippen molar-refractivity contribution in [1.29, 1.82) is 5.41 Å². The third kappa shape index (κ3) is 8.71. The Morgan fingerprint density at radius 3 is 2.77 bits per heavy atom. The average Bonchev–Trinajstić information content (AvgIpc) is 3.14. The first-order valence-electron chi connectivity index (χ1n) is 12.1.